The fourth-order valence-electron chi connectivity index (χ4n) is 0.826. The van der Waals surface area contributed by atoms with Crippen molar-refractivity contribution in [3.05, 3.63) is 0 Å². The fraction of sp³-hybridized carbons (Fsp3) is 0.667. The van der Waals surface area contributed by atoms with Crippen LogP contribution >= 0.6 is 0 Å². The molecule has 0 aromatic heterocycles. The van der Waals surface area contributed by atoms with Crippen molar-refractivity contribution in [2.24, 2.45) is 0 Å². The van der Waals surface area contributed by atoms with Gasteiger partial charge in [-0.15, -0.1) is 0 Å². The summed E-state index contributed by atoms with van der Waals surface area (Å²) in [5, 5.41) is 9.30. The highest BCUT2D eigenvalue weighted by Crippen LogP contribution is 2.12. The van der Waals surface area contributed by atoms with Gasteiger partial charge in [0.1, 0.15) is 0 Å². The summed E-state index contributed by atoms with van der Waals surface area (Å²) in [5.41, 5.74) is 0. The maximum atomic E-state index is 10.8. The molecular formula is C6H9NO4. The minimum absolute atomic E-state index is 0.172. The van der Waals surface area contributed by atoms with Crippen LogP contribution in [0, 0.1) is 0 Å². The maximum Gasteiger partial charge on any atom is 0.254 e. The van der Waals surface area contributed by atoms with Gasteiger partial charge in [-0.05, 0) is 6.92 Å². The fourth-order valence-corrected chi connectivity index (χ4v) is 0.826. The largest absolute Gasteiger partial charge is 0.366 e. The molecule has 0 saturated carbocycles. The normalized spacial score (nSPS) is 21.1. The molecule has 0 aliphatic carbocycles. The highest BCUT2D eigenvalue weighted by Gasteiger charge is 2.31. The first-order valence-corrected chi connectivity index (χ1v) is 3.32. The van der Waals surface area contributed by atoms with Crippen molar-refractivity contribution in [2.45, 2.75) is 26.1 Å². The van der Waals surface area contributed by atoms with Crippen molar-refractivity contribution in [1.82, 2.24) is 5.06 Å². The molecule has 1 fully saturated rings. The first-order valence-electron chi connectivity index (χ1n) is 3.32. The smallest absolute Gasteiger partial charge is 0.254 e. The van der Waals surface area contributed by atoms with Gasteiger partial charge >= 0.3 is 0 Å². The molecule has 5 heteroatoms. The summed E-state index contributed by atoms with van der Waals surface area (Å²) in [7, 11) is 0. The molecule has 1 saturated heterocycles. The van der Waals surface area contributed by atoms with Gasteiger partial charge in [0.15, 0.2) is 6.29 Å². The second kappa shape index (κ2) is 2.98. The summed E-state index contributed by atoms with van der Waals surface area (Å²) in [4.78, 5) is 26.1. The number of imide groups is 1. The van der Waals surface area contributed by atoms with Gasteiger partial charge in [0.2, 0.25) is 0 Å². The topological polar surface area (TPSA) is 66.8 Å². The highest BCUT2D eigenvalue weighted by atomic mass is 16.8. The molecule has 11 heavy (non-hydrogen) atoms. The number of hydrogen-bond donors (Lipinski definition) is 1. The number of aliphatic hydroxyl groups excluding tert-OH is 1. The summed E-state index contributed by atoms with van der Waals surface area (Å²) in [6, 6.07) is 0. The monoisotopic (exact) mass is 159 g/mol. The molecule has 2 amide bonds. The van der Waals surface area contributed by atoms with Crippen LogP contribution in [-0.4, -0.2) is 28.3 Å². The van der Waals surface area contributed by atoms with Crippen LogP contribution < -0.4 is 0 Å². The van der Waals surface area contributed by atoms with Crippen molar-refractivity contribution in [1.29, 1.82) is 0 Å². The van der Waals surface area contributed by atoms with Crippen LogP contribution in [-0.2, 0) is 14.4 Å². The van der Waals surface area contributed by atoms with E-state index < -0.39 is 18.1 Å². The Hall–Kier alpha value is -0.940. The predicted octanol–water partition coefficient (Wildman–Crippen LogP) is -0.595. The molecule has 0 bridgehead atoms. The first kappa shape index (κ1) is 8.16. The van der Waals surface area contributed by atoms with Crippen LogP contribution in [0.15, 0.2) is 0 Å². The minimum atomic E-state index is -1.12. The Morgan fingerprint density at radius 1 is 1.45 bits per heavy atom. The Bertz CT molecular complexity index is 173. The van der Waals surface area contributed by atoms with E-state index in [-0.39, 0.29) is 12.8 Å². The number of hydroxylamine groups is 2. The zero-order chi connectivity index (χ0) is 8.43. The molecule has 0 spiro atoms. The van der Waals surface area contributed by atoms with Crippen LogP contribution in [0.5, 0.6) is 0 Å². The summed E-state index contributed by atoms with van der Waals surface area (Å²) in [6.45, 7) is 1.33. The third-order valence-corrected chi connectivity index (χ3v) is 1.26. The van der Waals surface area contributed by atoms with Gasteiger partial charge in [0, 0.05) is 12.8 Å². The molecule has 0 aromatic carbocycles. The number of nitrogens with zero attached hydrogens (tertiary/aromatic N) is 1. The number of carbonyl (C=O) groups is 2. The van der Waals surface area contributed by atoms with E-state index >= 15 is 0 Å². The van der Waals surface area contributed by atoms with Crippen molar-refractivity contribution in [2.75, 3.05) is 0 Å². The lowest BCUT2D eigenvalue weighted by atomic mass is 10.4. The summed E-state index contributed by atoms with van der Waals surface area (Å²) < 4.78 is 0. The summed E-state index contributed by atoms with van der Waals surface area (Å²) in [6.07, 6.45) is -0.780. The number of rotatable bonds is 2. The summed E-state index contributed by atoms with van der Waals surface area (Å²) >= 11 is 0. The van der Waals surface area contributed by atoms with Crippen LogP contribution in [0.25, 0.3) is 0 Å². The van der Waals surface area contributed by atoms with Crippen molar-refractivity contribution < 1.29 is 19.5 Å². The summed E-state index contributed by atoms with van der Waals surface area (Å²) in [5.74, 6) is -0.785. The molecule has 0 aromatic rings. The molecule has 5 nitrogen and oxygen atoms in total. The average molecular weight is 159 g/mol. The van der Waals surface area contributed by atoms with Crippen LogP contribution in [0.3, 0.4) is 0 Å². The number of hydrogen-bond acceptors (Lipinski definition) is 4. The Morgan fingerprint density at radius 2 is 1.91 bits per heavy atom. The van der Waals surface area contributed by atoms with Crippen LogP contribution in [0.1, 0.15) is 19.8 Å². The molecule has 1 aliphatic rings. The second-order valence-corrected chi connectivity index (χ2v) is 2.29. The van der Waals surface area contributed by atoms with E-state index in [0.717, 1.165) is 0 Å². The van der Waals surface area contributed by atoms with Crippen LogP contribution in [0.2, 0.25) is 0 Å². The molecule has 1 unspecified atom stereocenters. The zero-order valence-corrected chi connectivity index (χ0v) is 6.11. The standard InChI is InChI=1S/C6H9NO4/c1-4(8)11-7-5(9)2-3-6(7)10/h4,8H,2-3H2,1H3. The Kier molecular flexibility index (Phi) is 2.21. The van der Waals surface area contributed by atoms with E-state index in [1.807, 2.05) is 0 Å². The minimum Gasteiger partial charge on any atom is -0.366 e. The van der Waals surface area contributed by atoms with E-state index in [4.69, 9.17) is 5.11 Å². The lowest BCUT2D eigenvalue weighted by Gasteiger charge is -2.14. The van der Waals surface area contributed by atoms with Crippen molar-refractivity contribution in [3.63, 3.8) is 0 Å². The van der Waals surface area contributed by atoms with Crippen LogP contribution in [0.4, 0.5) is 0 Å². The molecule has 1 aliphatic heterocycles. The van der Waals surface area contributed by atoms with E-state index in [9.17, 15) is 9.59 Å². The first-order chi connectivity index (χ1) is 5.11. The van der Waals surface area contributed by atoms with Gasteiger partial charge < -0.3 is 5.11 Å². The van der Waals surface area contributed by atoms with Gasteiger partial charge in [0.25, 0.3) is 11.8 Å². The quantitative estimate of drug-likeness (QED) is 0.431. The molecule has 1 rings (SSSR count). The second-order valence-electron chi connectivity index (χ2n) is 2.29. The van der Waals surface area contributed by atoms with Gasteiger partial charge in [-0.25, -0.2) is 4.84 Å². The van der Waals surface area contributed by atoms with Gasteiger partial charge in [-0.1, -0.05) is 0 Å². The molecule has 0 radical (unpaired) electrons. The Labute approximate surface area is 63.5 Å². The zero-order valence-electron chi connectivity index (χ0n) is 6.11. The highest BCUT2D eigenvalue weighted by molar-refractivity contribution is 6.00. The van der Waals surface area contributed by atoms with E-state index in [2.05, 4.69) is 4.84 Å². The molecule has 62 valence electrons. The lowest BCUT2D eigenvalue weighted by Crippen LogP contribution is -2.32. The van der Waals surface area contributed by atoms with Gasteiger partial charge in [-0.3, -0.25) is 9.59 Å². The average Bonchev–Trinajstić information content (AvgIpc) is 2.18. The maximum absolute atomic E-state index is 10.8. The lowest BCUT2D eigenvalue weighted by molar-refractivity contribution is -0.238. The van der Waals surface area contributed by atoms with E-state index in [1.165, 1.54) is 6.92 Å². The molecule has 1 N–H and O–H groups in total. The molecule has 1 atom stereocenters. The SMILES string of the molecule is CC(O)ON1C(=O)CCC1=O. The van der Waals surface area contributed by atoms with E-state index in [0.29, 0.717) is 5.06 Å². The van der Waals surface area contributed by atoms with Gasteiger partial charge in [0.05, 0.1) is 0 Å². The number of aliphatic hydroxyl groups is 1. The Morgan fingerprint density at radius 3 is 2.27 bits per heavy atom. The predicted molar refractivity (Wildman–Crippen MR) is 33.9 cm³/mol. The van der Waals surface area contributed by atoms with Crippen molar-refractivity contribution >= 4 is 11.8 Å². The Balaban J connectivity index is 2.55. The number of carbonyl (C=O) groups excluding carboxylic acids is 2. The van der Waals surface area contributed by atoms with Gasteiger partial charge in [-0.2, -0.15) is 5.06 Å². The third kappa shape index (κ3) is 1.75. The molecular weight excluding hydrogens is 150 g/mol. The molecule has 1 heterocycles. The number of amides is 2. The van der Waals surface area contributed by atoms with Crippen molar-refractivity contribution in [3.8, 4) is 0 Å². The third-order valence-electron chi connectivity index (χ3n) is 1.26. The van der Waals surface area contributed by atoms with E-state index in [1.54, 1.807) is 0 Å².